The Bertz CT molecular complexity index is 992. The van der Waals surface area contributed by atoms with Crippen molar-refractivity contribution in [3.63, 3.8) is 0 Å². The first-order valence-electron chi connectivity index (χ1n) is 8.46. The summed E-state index contributed by atoms with van der Waals surface area (Å²) in [5.41, 5.74) is 0.786. The van der Waals surface area contributed by atoms with Gasteiger partial charge in [0, 0.05) is 29.2 Å². The molecule has 2 aliphatic heterocycles. The van der Waals surface area contributed by atoms with Gasteiger partial charge in [0.25, 0.3) is 0 Å². The number of nitrogens with zero attached hydrogens (tertiary/aromatic N) is 1. The number of carboxylic acid groups (broad SMARTS) is 1. The first-order chi connectivity index (χ1) is 13.4. The maximum atomic E-state index is 12.6. The molecule has 0 spiro atoms. The molecule has 1 atom stereocenters. The fourth-order valence-electron chi connectivity index (χ4n) is 3.22. The van der Waals surface area contributed by atoms with Gasteiger partial charge in [-0.15, -0.1) is 0 Å². The number of rotatable bonds is 4. The summed E-state index contributed by atoms with van der Waals surface area (Å²) in [7, 11) is 0. The first-order valence-corrected chi connectivity index (χ1v) is 9.25. The lowest BCUT2D eigenvalue weighted by atomic mass is 10.1. The van der Waals surface area contributed by atoms with Gasteiger partial charge in [-0.05, 0) is 30.3 Å². The van der Waals surface area contributed by atoms with Crippen LogP contribution in [-0.2, 0) is 9.59 Å². The summed E-state index contributed by atoms with van der Waals surface area (Å²) < 4.78 is 11.2. The number of benzene rings is 2. The van der Waals surface area contributed by atoms with Crippen molar-refractivity contribution in [3.8, 4) is 11.5 Å². The van der Waals surface area contributed by atoms with Crippen LogP contribution < -0.4 is 19.7 Å². The van der Waals surface area contributed by atoms with E-state index in [0.29, 0.717) is 21.7 Å². The SMILES string of the molecule is O=C(O)c1cc(Br)ccc1NC(=O)C1CC(=O)N(c2ccc3c(c2)OCO3)C1. The van der Waals surface area contributed by atoms with Gasteiger partial charge in [0.2, 0.25) is 18.6 Å². The third-order valence-corrected chi connectivity index (χ3v) is 5.13. The zero-order valence-electron chi connectivity index (χ0n) is 14.5. The average Bonchev–Trinajstić information content (AvgIpc) is 3.28. The minimum absolute atomic E-state index is 0.0281. The number of hydrogen-bond donors (Lipinski definition) is 2. The Labute approximate surface area is 168 Å². The molecule has 0 saturated carbocycles. The van der Waals surface area contributed by atoms with Crippen molar-refractivity contribution in [2.45, 2.75) is 6.42 Å². The van der Waals surface area contributed by atoms with Gasteiger partial charge in [0.05, 0.1) is 17.2 Å². The number of halogens is 1. The summed E-state index contributed by atoms with van der Waals surface area (Å²) in [6, 6.07) is 9.73. The molecule has 1 fully saturated rings. The van der Waals surface area contributed by atoms with E-state index in [9.17, 15) is 19.5 Å². The van der Waals surface area contributed by atoms with E-state index >= 15 is 0 Å². The number of hydrogen-bond acceptors (Lipinski definition) is 5. The van der Waals surface area contributed by atoms with Crippen LogP contribution >= 0.6 is 15.9 Å². The predicted molar refractivity (Wildman–Crippen MR) is 103 cm³/mol. The average molecular weight is 447 g/mol. The fraction of sp³-hybridized carbons (Fsp3) is 0.211. The predicted octanol–water partition coefficient (Wildman–Crippen LogP) is 2.87. The molecule has 9 heteroatoms. The lowest BCUT2D eigenvalue weighted by molar-refractivity contribution is -0.122. The monoisotopic (exact) mass is 446 g/mol. The van der Waals surface area contributed by atoms with Crippen molar-refractivity contribution >= 4 is 45.1 Å². The van der Waals surface area contributed by atoms with E-state index in [4.69, 9.17) is 9.47 Å². The maximum Gasteiger partial charge on any atom is 0.337 e. The molecule has 0 radical (unpaired) electrons. The van der Waals surface area contributed by atoms with Crippen LogP contribution in [0.1, 0.15) is 16.8 Å². The molecule has 2 aromatic carbocycles. The van der Waals surface area contributed by atoms with Gasteiger partial charge in [-0.25, -0.2) is 4.79 Å². The smallest absolute Gasteiger partial charge is 0.337 e. The van der Waals surface area contributed by atoms with E-state index < -0.39 is 17.8 Å². The summed E-state index contributed by atoms with van der Waals surface area (Å²) in [5.74, 6) is -1.17. The van der Waals surface area contributed by atoms with Gasteiger partial charge in [-0.3, -0.25) is 9.59 Å². The molecule has 0 aliphatic carbocycles. The Kier molecular flexibility index (Phi) is 4.68. The van der Waals surface area contributed by atoms with Crippen LogP contribution in [0.5, 0.6) is 11.5 Å². The quantitative estimate of drug-likeness (QED) is 0.747. The Morgan fingerprint density at radius 3 is 2.71 bits per heavy atom. The standard InChI is InChI=1S/C19H15BrN2O6/c20-11-1-3-14(13(6-11)19(25)26)21-18(24)10-5-17(23)22(8-10)12-2-4-15-16(7-12)28-9-27-15/h1-4,6-7,10H,5,8-9H2,(H,21,24)(H,25,26). The van der Waals surface area contributed by atoms with Crippen LogP contribution in [0, 0.1) is 5.92 Å². The minimum atomic E-state index is -1.15. The molecule has 2 heterocycles. The molecule has 2 aliphatic rings. The summed E-state index contributed by atoms with van der Waals surface area (Å²) in [6.45, 7) is 0.333. The van der Waals surface area contributed by atoms with Crippen molar-refractivity contribution in [2.24, 2.45) is 5.92 Å². The summed E-state index contributed by atoms with van der Waals surface area (Å²) >= 11 is 3.21. The molecule has 8 nitrogen and oxygen atoms in total. The highest BCUT2D eigenvalue weighted by Gasteiger charge is 2.36. The molecular formula is C19H15BrN2O6. The van der Waals surface area contributed by atoms with Gasteiger partial charge in [-0.1, -0.05) is 15.9 Å². The topological polar surface area (TPSA) is 105 Å². The second-order valence-corrected chi connectivity index (χ2v) is 7.34. The van der Waals surface area contributed by atoms with Crippen LogP contribution in [-0.4, -0.2) is 36.2 Å². The molecule has 2 aromatic rings. The number of amides is 2. The van der Waals surface area contributed by atoms with Gasteiger partial charge in [-0.2, -0.15) is 0 Å². The minimum Gasteiger partial charge on any atom is -0.478 e. The van der Waals surface area contributed by atoms with Gasteiger partial charge < -0.3 is 24.8 Å². The second-order valence-electron chi connectivity index (χ2n) is 6.43. The van der Waals surface area contributed by atoms with E-state index in [1.807, 2.05) is 0 Å². The molecule has 0 bridgehead atoms. The Balaban J connectivity index is 1.50. The van der Waals surface area contributed by atoms with E-state index in [0.717, 1.165) is 0 Å². The number of ether oxygens (including phenoxy) is 2. The van der Waals surface area contributed by atoms with Crippen LogP contribution in [0.2, 0.25) is 0 Å². The molecule has 144 valence electrons. The van der Waals surface area contributed by atoms with E-state index in [1.165, 1.54) is 17.0 Å². The van der Waals surface area contributed by atoms with E-state index in [-0.39, 0.29) is 36.9 Å². The second kappa shape index (κ2) is 7.16. The summed E-state index contributed by atoms with van der Waals surface area (Å²) in [4.78, 5) is 38.0. The number of carboxylic acids is 1. The van der Waals surface area contributed by atoms with Crippen molar-refractivity contribution < 1.29 is 29.0 Å². The molecule has 28 heavy (non-hydrogen) atoms. The number of nitrogens with one attached hydrogen (secondary N) is 1. The van der Waals surface area contributed by atoms with Crippen LogP contribution in [0.25, 0.3) is 0 Å². The highest BCUT2D eigenvalue weighted by molar-refractivity contribution is 9.10. The molecular weight excluding hydrogens is 432 g/mol. The van der Waals surface area contributed by atoms with Gasteiger partial charge >= 0.3 is 5.97 Å². The fourth-order valence-corrected chi connectivity index (χ4v) is 3.58. The zero-order chi connectivity index (χ0) is 19.8. The molecule has 1 unspecified atom stereocenters. The van der Waals surface area contributed by atoms with Crippen molar-refractivity contribution in [1.82, 2.24) is 0 Å². The molecule has 2 N–H and O–H groups in total. The molecule has 1 saturated heterocycles. The van der Waals surface area contributed by atoms with E-state index in [1.54, 1.807) is 24.3 Å². The molecule has 2 amide bonds. The number of aromatic carboxylic acids is 1. The van der Waals surface area contributed by atoms with Gasteiger partial charge in [0.15, 0.2) is 11.5 Å². The number of carbonyl (C=O) groups excluding carboxylic acids is 2. The van der Waals surface area contributed by atoms with Gasteiger partial charge in [0.1, 0.15) is 0 Å². The van der Waals surface area contributed by atoms with Crippen LogP contribution in [0.15, 0.2) is 40.9 Å². The largest absolute Gasteiger partial charge is 0.478 e. The Morgan fingerprint density at radius 1 is 1.14 bits per heavy atom. The van der Waals surface area contributed by atoms with Crippen LogP contribution in [0.4, 0.5) is 11.4 Å². The Hall–Kier alpha value is -3.07. The first kappa shape index (κ1) is 18.3. The maximum absolute atomic E-state index is 12.6. The Morgan fingerprint density at radius 2 is 1.93 bits per heavy atom. The number of fused-ring (bicyclic) bond motifs is 1. The third kappa shape index (κ3) is 3.40. The normalized spacial score (nSPS) is 17.7. The highest BCUT2D eigenvalue weighted by atomic mass is 79.9. The third-order valence-electron chi connectivity index (χ3n) is 4.63. The summed E-state index contributed by atoms with van der Waals surface area (Å²) in [5, 5.41) is 12.0. The molecule has 0 aromatic heterocycles. The van der Waals surface area contributed by atoms with E-state index in [2.05, 4.69) is 21.2 Å². The number of anilines is 2. The summed E-state index contributed by atoms with van der Waals surface area (Å²) in [6.07, 6.45) is 0.0409. The lowest BCUT2D eigenvalue weighted by Gasteiger charge is -2.17. The highest BCUT2D eigenvalue weighted by Crippen LogP contribution is 2.37. The zero-order valence-corrected chi connectivity index (χ0v) is 16.1. The van der Waals surface area contributed by atoms with Crippen molar-refractivity contribution in [1.29, 1.82) is 0 Å². The van der Waals surface area contributed by atoms with Crippen molar-refractivity contribution in [2.75, 3.05) is 23.6 Å². The van der Waals surface area contributed by atoms with Crippen LogP contribution in [0.3, 0.4) is 0 Å². The molecule has 4 rings (SSSR count). The van der Waals surface area contributed by atoms with Crippen molar-refractivity contribution in [3.05, 3.63) is 46.4 Å². The number of carbonyl (C=O) groups is 3. The lowest BCUT2D eigenvalue weighted by Crippen LogP contribution is -2.28.